The molecular weight excluding hydrogens is 378 g/mol. The highest BCUT2D eigenvalue weighted by molar-refractivity contribution is 6.07. The molecular formula is C23H33N5O2. The van der Waals surface area contributed by atoms with Crippen molar-refractivity contribution in [3.63, 3.8) is 0 Å². The van der Waals surface area contributed by atoms with E-state index in [1.165, 1.54) is 0 Å². The number of aliphatic hydroxyl groups excluding tert-OH is 1. The van der Waals surface area contributed by atoms with Gasteiger partial charge in [-0.2, -0.15) is 0 Å². The smallest absolute Gasteiger partial charge is 0.144 e. The summed E-state index contributed by atoms with van der Waals surface area (Å²) in [6, 6.07) is 9.21. The van der Waals surface area contributed by atoms with E-state index in [1.807, 2.05) is 18.2 Å². The van der Waals surface area contributed by atoms with Gasteiger partial charge in [-0.25, -0.2) is 9.98 Å². The molecule has 3 heterocycles. The van der Waals surface area contributed by atoms with Crippen LogP contribution in [-0.2, 0) is 4.74 Å². The molecule has 2 fully saturated rings. The molecule has 1 unspecified atom stereocenters. The third-order valence-corrected chi connectivity index (χ3v) is 6.20. The molecule has 0 radical (unpaired) electrons. The van der Waals surface area contributed by atoms with E-state index in [0.717, 1.165) is 79.8 Å². The molecule has 0 amide bonds. The van der Waals surface area contributed by atoms with Crippen LogP contribution in [0.15, 0.2) is 29.3 Å². The number of pyridine rings is 1. The number of nitrogens with two attached hydrogens (primary N) is 1. The molecule has 4 N–H and O–H groups in total. The lowest BCUT2D eigenvalue weighted by molar-refractivity contribution is 0.0738. The Balaban J connectivity index is 1.58. The monoisotopic (exact) mass is 411 g/mol. The number of aromatic nitrogens is 1. The van der Waals surface area contributed by atoms with Crippen LogP contribution in [0.2, 0.25) is 0 Å². The van der Waals surface area contributed by atoms with Crippen LogP contribution in [0.4, 0.5) is 5.82 Å². The van der Waals surface area contributed by atoms with Gasteiger partial charge in [0.2, 0.25) is 0 Å². The van der Waals surface area contributed by atoms with Gasteiger partial charge in [0, 0.05) is 43.8 Å². The van der Waals surface area contributed by atoms with Crippen LogP contribution in [0.3, 0.4) is 0 Å². The minimum absolute atomic E-state index is 0.346. The summed E-state index contributed by atoms with van der Waals surface area (Å²) in [5.74, 6) is 1.22. The summed E-state index contributed by atoms with van der Waals surface area (Å²) in [6.07, 6.45) is 3.48. The van der Waals surface area contributed by atoms with Crippen LogP contribution in [0.25, 0.3) is 10.9 Å². The Hall–Kier alpha value is -2.22. The van der Waals surface area contributed by atoms with E-state index in [1.54, 1.807) is 6.92 Å². The van der Waals surface area contributed by atoms with Crippen LogP contribution in [-0.4, -0.2) is 60.5 Å². The minimum atomic E-state index is -0.849. The maximum absolute atomic E-state index is 9.76. The Morgan fingerprint density at radius 3 is 2.57 bits per heavy atom. The highest BCUT2D eigenvalue weighted by atomic mass is 16.5. The molecule has 0 bridgehead atoms. The van der Waals surface area contributed by atoms with Crippen molar-refractivity contribution >= 4 is 22.6 Å². The molecule has 7 nitrogen and oxygen atoms in total. The van der Waals surface area contributed by atoms with Gasteiger partial charge in [0.05, 0.1) is 11.1 Å². The van der Waals surface area contributed by atoms with Crippen molar-refractivity contribution in [2.24, 2.45) is 10.7 Å². The minimum Gasteiger partial charge on any atom is -0.383 e. The summed E-state index contributed by atoms with van der Waals surface area (Å²) in [7, 11) is 0. The quantitative estimate of drug-likeness (QED) is 0.516. The number of aliphatic hydroxyl groups is 1. The van der Waals surface area contributed by atoms with Gasteiger partial charge in [-0.05, 0) is 51.2 Å². The molecule has 2 aromatic rings. The van der Waals surface area contributed by atoms with Crippen molar-refractivity contribution < 1.29 is 9.84 Å². The Morgan fingerprint density at radius 1 is 1.20 bits per heavy atom. The van der Waals surface area contributed by atoms with Gasteiger partial charge in [0.25, 0.3) is 0 Å². The molecule has 0 saturated carbocycles. The molecule has 7 heteroatoms. The standard InChI is InChI=1S/C23H33N5O2/c1-15-19-5-3-4-6-20(19)27-23(21(15)22(24)25-16(2)29)28-11-7-17(8-12-28)26-18-9-13-30-14-10-18/h3-6,16-18,26,29H,7-14H2,1-2H3,(H2,24,25). The van der Waals surface area contributed by atoms with E-state index in [0.29, 0.717) is 17.9 Å². The van der Waals surface area contributed by atoms with Gasteiger partial charge in [-0.1, -0.05) is 18.2 Å². The maximum atomic E-state index is 9.76. The molecule has 0 spiro atoms. The zero-order valence-electron chi connectivity index (χ0n) is 18.0. The molecule has 4 rings (SSSR count). The average Bonchev–Trinajstić information content (AvgIpc) is 2.74. The molecule has 2 saturated heterocycles. The number of nitrogens with zero attached hydrogens (tertiary/aromatic N) is 3. The van der Waals surface area contributed by atoms with Gasteiger partial charge < -0.3 is 25.8 Å². The molecule has 2 aliphatic rings. The molecule has 1 atom stereocenters. The van der Waals surface area contributed by atoms with E-state index < -0.39 is 6.23 Å². The summed E-state index contributed by atoms with van der Waals surface area (Å²) in [4.78, 5) is 11.5. The van der Waals surface area contributed by atoms with Crippen molar-refractivity contribution in [2.45, 2.75) is 57.8 Å². The van der Waals surface area contributed by atoms with Gasteiger partial charge in [-0.15, -0.1) is 0 Å². The Morgan fingerprint density at radius 2 is 1.87 bits per heavy atom. The predicted octanol–water partition coefficient (Wildman–Crippen LogP) is 2.32. The fraction of sp³-hybridized carbons (Fsp3) is 0.565. The maximum Gasteiger partial charge on any atom is 0.144 e. The molecule has 1 aromatic heterocycles. The Bertz CT molecular complexity index is 900. The highest BCUT2D eigenvalue weighted by Gasteiger charge is 2.27. The number of anilines is 1. The lowest BCUT2D eigenvalue weighted by atomic mass is 9.99. The fourth-order valence-corrected chi connectivity index (χ4v) is 4.62. The van der Waals surface area contributed by atoms with Crippen LogP contribution in [0, 0.1) is 6.92 Å². The van der Waals surface area contributed by atoms with Crippen LogP contribution < -0.4 is 16.0 Å². The number of para-hydroxylation sites is 1. The zero-order chi connectivity index (χ0) is 21.1. The van der Waals surface area contributed by atoms with Crippen LogP contribution >= 0.6 is 0 Å². The number of aliphatic imine (C=N–C) groups is 1. The van der Waals surface area contributed by atoms with Crippen molar-refractivity contribution in [1.82, 2.24) is 10.3 Å². The molecule has 30 heavy (non-hydrogen) atoms. The summed E-state index contributed by atoms with van der Waals surface area (Å²) in [5.41, 5.74) is 9.20. The van der Waals surface area contributed by atoms with Crippen molar-refractivity contribution in [3.05, 3.63) is 35.4 Å². The van der Waals surface area contributed by atoms with E-state index in [-0.39, 0.29) is 0 Å². The Kier molecular flexibility index (Phi) is 6.51. The number of benzene rings is 1. The first-order valence-electron chi connectivity index (χ1n) is 11.0. The van der Waals surface area contributed by atoms with Crippen LogP contribution in [0.1, 0.15) is 43.7 Å². The number of hydrogen-bond donors (Lipinski definition) is 3. The number of nitrogens with one attached hydrogen (secondary N) is 1. The number of piperidine rings is 1. The third kappa shape index (κ3) is 4.58. The van der Waals surface area contributed by atoms with Gasteiger partial charge in [-0.3, -0.25) is 0 Å². The van der Waals surface area contributed by atoms with Crippen molar-refractivity contribution in [2.75, 3.05) is 31.2 Å². The number of fused-ring (bicyclic) bond motifs is 1. The predicted molar refractivity (Wildman–Crippen MR) is 121 cm³/mol. The first kappa shape index (κ1) is 21.0. The molecule has 162 valence electrons. The van der Waals surface area contributed by atoms with Gasteiger partial charge >= 0.3 is 0 Å². The SMILES string of the molecule is Cc1c(/C(N)=N/C(C)O)c(N2CCC(NC3CCOCC3)CC2)nc2ccccc12. The lowest BCUT2D eigenvalue weighted by Gasteiger charge is -2.37. The number of aryl methyl sites for hydroxylation is 1. The Labute approximate surface area is 178 Å². The largest absolute Gasteiger partial charge is 0.383 e. The number of rotatable bonds is 5. The number of ether oxygens (including phenoxy) is 1. The fourth-order valence-electron chi connectivity index (χ4n) is 4.62. The van der Waals surface area contributed by atoms with E-state index in [4.69, 9.17) is 15.5 Å². The average molecular weight is 412 g/mol. The van der Waals surface area contributed by atoms with Crippen LogP contribution in [0.5, 0.6) is 0 Å². The topological polar surface area (TPSA) is 96.0 Å². The summed E-state index contributed by atoms with van der Waals surface area (Å²) >= 11 is 0. The summed E-state index contributed by atoms with van der Waals surface area (Å²) < 4.78 is 5.48. The second-order valence-electron chi connectivity index (χ2n) is 8.41. The number of amidine groups is 1. The first-order valence-corrected chi connectivity index (χ1v) is 11.0. The summed E-state index contributed by atoms with van der Waals surface area (Å²) in [6.45, 7) is 7.24. The van der Waals surface area contributed by atoms with Gasteiger partial charge in [0.15, 0.2) is 0 Å². The van der Waals surface area contributed by atoms with Crippen molar-refractivity contribution in [3.8, 4) is 0 Å². The molecule has 1 aromatic carbocycles. The first-order chi connectivity index (χ1) is 14.5. The second kappa shape index (κ2) is 9.29. The lowest BCUT2D eigenvalue weighted by Crippen LogP contribution is -2.48. The van der Waals surface area contributed by atoms with Gasteiger partial charge in [0.1, 0.15) is 17.9 Å². The van der Waals surface area contributed by atoms with E-state index >= 15 is 0 Å². The molecule has 0 aliphatic carbocycles. The second-order valence-corrected chi connectivity index (χ2v) is 8.41. The highest BCUT2D eigenvalue weighted by Crippen LogP contribution is 2.30. The summed E-state index contributed by atoms with van der Waals surface area (Å²) in [5, 5.41) is 14.7. The van der Waals surface area contributed by atoms with E-state index in [2.05, 4.69) is 28.2 Å². The zero-order valence-corrected chi connectivity index (χ0v) is 18.0. The number of hydrogen-bond acceptors (Lipinski definition) is 6. The third-order valence-electron chi connectivity index (χ3n) is 6.20. The normalized spacial score (nSPS) is 20.6. The van der Waals surface area contributed by atoms with E-state index in [9.17, 15) is 5.11 Å². The molecule has 2 aliphatic heterocycles. The van der Waals surface area contributed by atoms with Crippen molar-refractivity contribution in [1.29, 1.82) is 0 Å².